The van der Waals surface area contributed by atoms with Crippen molar-refractivity contribution < 1.29 is 9.15 Å². The summed E-state index contributed by atoms with van der Waals surface area (Å²) >= 11 is 0. The molecule has 4 rings (SSSR count). The highest BCUT2D eigenvalue weighted by atomic mass is 16.5. The molecule has 0 fully saturated rings. The third-order valence-electron chi connectivity index (χ3n) is 3.64. The smallest absolute Gasteiger partial charge is 0.214 e. The van der Waals surface area contributed by atoms with E-state index in [2.05, 4.69) is 9.97 Å². The van der Waals surface area contributed by atoms with Crippen molar-refractivity contribution in [2.45, 2.75) is 0 Å². The first kappa shape index (κ1) is 12.6. The van der Waals surface area contributed by atoms with Crippen LogP contribution in [0.5, 0.6) is 5.88 Å². The highest BCUT2D eigenvalue weighted by Crippen LogP contribution is 2.29. The van der Waals surface area contributed by atoms with E-state index in [1.165, 1.54) is 0 Å². The number of benzene rings is 1. The average Bonchev–Trinajstić information content (AvgIpc) is 2.98. The predicted molar refractivity (Wildman–Crippen MR) is 84.1 cm³/mol. The summed E-state index contributed by atoms with van der Waals surface area (Å²) in [6.07, 6.45) is 1.64. The first-order chi connectivity index (χ1) is 10.8. The Hall–Kier alpha value is -3.08. The number of para-hydroxylation sites is 1. The molecule has 5 heteroatoms. The molecule has 0 aliphatic heterocycles. The van der Waals surface area contributed by atoms with Crippen LogP contribution in [0.3, 0.4) is 0 Å². The van der Waals surface area contributed by atoms with Crippen molar-refractivity contribution in [3.63, 3.8) is 0 Å². The van der Waals surface area contributed by atoms with E-state index in [0.717, 1.165) is 16.5 Å². The van der Waals surface area contributed by atoms with E-state index in [4.69, 9.17) is 9.15 Å². The largest absolute Gasteiger partial charge is 0.481 e. The van der Waals surface area contributed by atoms with Crippen molar-refractivity contribution in [1.29, 1.82) is 0 Å². The summed E-state index contributed by atoms with van der Waals surface area (Å²) in [7, 11) is 1.54. The van der Waals surface area contributed by atoms with E-state index in [-0.39, 0.29) is 5.43 Å². The fourth-order valence-electron chi connectivity index (χ4n) is 2.55. The Balaban J connectivity index is 2.01. The first-order valence-corrected chi connectivity index (χ1v) is 6.81. The summed E-state index contributed by atoms with van der Waals surface area (Å²) in [5, 5.41) is 1.47. The number of furan rings is 1. The van der Waals surface area contributed by atoms with Gasteiger partial charge in [-0.3, -0.25) is 4.79 Å². The highest BCUT2D eigenvalue weighted by Gasteiger charge is 2.11. The molecule has 0 radical (unpaired) electrons. The molecule has 0 spiro atoms. The van der Waals surface area contributed by atoms with Gasteiger partial charge in [-0.25, -0.2) is 0 Å². The van der Waals surface area contributed by atoms with Gasteiger partial charge in [0.15, 0.2) is 5.43 Å². The molecule has 3 heterocycles. The SMILES string of the molecule is COc1ccc2c(=O)cc(-c3coc4ccccc34)[nH]c2n1. The zero-order valence-corrected chi connectivity index (χ0v) is 11.8. The lowest BCUT2D eigenvalue weighted by molar-refractivity contribution is 0.399. The van der Waals surface area contributed by atoms with E-state index < -0.39 is 0 Å². The summed E-state index contributed by atoms with van der Waals surface area (Å²) in [4.78, 5) is 19.8. The second kappa shape index (κ2) is 4.73. The first-order valence-electron chi connectivity index (χ1n) is 6.81. The molecule has 108 valence electrons. The number of pyridine rings is 2. The number of nitrogens with zero attached hydrogens (tertiary/aromatic N) is 1. The number of aromatic nitrogens is 2. The number of ether oxygens (including phenoxy) is 1. The van der Waals surface area contributed by atoms with E-state index >= 15 is 0 Å². The summed E-state index contributed by atoms with van der Waals surface area (Å²) in [5.41, 5.74) is 2.68. The maximum atomic E-state index is 12.3. The van der Waals surface area contributed by atoms with Crippen LogP contribution in [0.1, 0.15) is 0 Å². The molecule has 0 amide bonds. The van der Waals surface area contributed by atoms with Gasteiger partial charge < -0.3 is 14.1 Å². The molecule has 0 unspecified atom stereocenters. The number of H-pyrrole nitrogens is 1. The summed E-state index contributed by atoms with van der Waals surface area (Å²) in [5.74, 6) is 0.456. The van der Waals surface area contributed by atoms with E-state index in [1.807, 2.05) is 24.3 Å². The third-order valence-corrected chi connectivity index (χ3v) is 3.64. The molecule has 0 bridgehead atoms. The topological polar surface area (TPSA) is 68.1 Å². The molecule has 0 aliphatic carbocycles. The van der Waals surface area contributed by atoms with E-state index in [9.17, 15) is 4.79 Å². The van der Waals surface area contributed by atoms with Gasteiger partial charge in [0.1, 0.15) is 17.5 Å². The molecule has 0 atom stereocenters. The normalized spacial score (nSPS) is 11.1. The number of methoxy groups -OCH3 is 1. The number of hydrogen-bond acceptors (Lipinski definition) is 4. The summed E-state index contributed by atoms with van der Waals surface area (Å²) < 4.78 is 10.6. The zero-order chi connectivity index (χ0) is 15.1. The quantitative estimate of drug-likeness (QED) is 0.615. The van der Waals surface area contributed by atoms with Crippen LogP contribution in [0.25, 0.3) is 33.3 Å². The Kier molecular flexibility index (Phi) is 2.72. The fraction of sp³-hybridized carbons (Fsp3) is 0.0588. The number of fused-ring (bicyclic) bond motifs is 2. The molecule has 1 N–H and O–H groups in total. The molecule has 0 saturated carbocycles. The van der Waals surface area contributed by atoms with Crippen LogP contribution in [0.4, 0.5) is 0 Å². The van der Waals surface area contributed by atoms with Crippen molar-refractivity contribution >= 4 is 22.0 Å². The van der Waals surface area contributed by atoms with Crippen LogP contribution < -0.4 is 10.2 Å². The summed E-state index contributed by atoms with van der Waals surface area (Å²) in [6.45, 7) is 0. The molecule has 1 aromatic carbocycles. The second-order valence-electron chi connectivity index (χ2n) is 4.94. The number of rotatable bonds is 2. The Morgan fingerprint density at radius 3 is 2.86 bits per heavy atom. The Labute approximate surface area is 125 Å². The minimum absolute atomic E-state index is 0.0933. The Bertz CT molecular complexity index is 1050. The van der Waals surface area contributed by atoms with Crippen LogP contribution >= 0.6 is 0 Å². The standard InChI is InChI=1S/C17H12N2O3/c1-21-16-7-6-11-14(20)8-13(18-17(11)19-16)12-9-22-15-5-3-2-4-10(12)15/h2-9H,1H3,(H,18,19,20). The van der Waals surface area contributed by atoms with Gasteiger partial charge in [-0.15, -0.1) is 0 Å². The van der Waals surface area contributed by atoms with Gasteiger partial charge in [-0.05, 0) is 12.1 Å². The van der Waals surface area contributed by atoms with Crippen molar-refractivity contribution in [1.82, 2.24) is 9.97 Å². The minimum atomic E-state index is -0.0933. The van der Waals surface area contributed by atoms with Crippen LogP contribution in [-0.2, 0) is 0 Å². The number of nitrogens with one attached hydrogen (secondary N) is 1. The monoisotopic (exact) mass is 292 g/mol. The molecular weight excluding hydrogens is 280 g/mol. The lowest BCUT2D eigenvalue weighted by atomic mass is 10.1. The zero-order valence-electron chi connectivity index (χ0n) is 11.8. The van der Waals surface area contributed by atoms with Crippen LogP contribution in [0, 0.1) is 0 Å². The van der Waals surface area contributed by atoms with Crippen LogP contribution in [-0.4, -0.2) is 17.1 Å². The van der Waals surface area contributed by atoms with Gasteiger partial charge in [0.2, 0.25) is 5.88 Å². The Morgan fingerprint density at radius 2 is 2.00 bits per heavy atom. The van der Waals surface area contributed by atoms with Gasteiger partial charge in [-0.2, -0.15) is 4.98 Å². The molecule has 22 heavy (non-hydrogen) atoms. The van der Waals surface area contributed by atoms with Crippen LogP contribution in [0.2, 0.25) is 0 Å². The van der Waals surface area contributed by atoms with Gasteiger partial charge in [0.05, 0.1) is 18.2 Å². The fourth-order valence-corrected chi connectivity index (χ4v) is 2.55. The van der Waals surface area contributed by atoms with Crippen molar-refractivity contribution in [3.05, 3.63) is 59.0 Å². The lowest BCUT2D eigenvalue weighted by Gasteiger charge is -2.04. The number of hydrogen-bond donors (Lipinski definition) is 1. The molecule has 4 aromatic rings. The molecule has 5 nitrogen and oxygen atoms in total. The van der Waals surface area contributed by atoms with Crippen molar-refractivity contribution in [2.24, 2.45) is 0 Å². The lowest BCUT2D eigenvalue weighted by Crippen LogP contribution is -2.04. The molecule has 0 saturated heterocycles. The van der Waals surface area contributed by atoms with E-state index in [1.54, 1.807) is 31.6 Å². The minimum Gasteiger partial charge on any atom is -0.481 e. The van der Waals surface area contributed by atoms with Gasteiger partial charge in [0, 0.05) is 23.1 Å². The average molecular weight is 292 g/mol. The van der Waals surface area contributed by atoms with E-state index in [0.29, 0.717) is 22.6 Å². The van der Waals surface area contributed by atoms with Gasteiger partial charge >= 0.3 is 0 Å². The molecule has 0 aliphatic rings. The van der Waals surface area contributed by atoms with Crippen molar-refractivity contribution in [2.75, 3.05) is 7.11 Å². The third kappa shape index (κ3) is 1.87. The predicted octanol–water partition coefficient (Wildman–Crippen LogP) is 3.34. The van der Waals surface area contributed by atoms with Gasteiger partial charge in [0.25, 0.3) is 0 Å². The van der Waals surface area contributed by atoms with Crippen molar-refractivity contribution in [3.8, 4) is 17.1 Å². The maximum Gasteiger partial charge on any atom is 0.214 e. The summed E-state index contributed by atoms with van der Waals surface area (Å²) in [6, 6.07) is 12.6. The highest BCUT2D eigenvalue weighted by molar-refractivity contribution is 5.94. The second-order valence-corrected chi connectivity index (χ2v) is 4.94. The van der Waals surface area contributed by atoms with Gasteiger partial charge in [-0.1, -0.05) is 18.2 Å². The molecular formula is C17H12N2O3. The maximum absolute atomic E-state index is 12.3. The molecule has 3 aromatic heterocycles. The Morgan fingerprint density at radius 1 is 1.14 bits per heavy atom. The number of aromatic amines is 1. The van der Waals surface area contributed by atoms with Crippen LogP contribution in [0.15, 0.2) is 57.9 Å².